The molecule has 0 amide bonds. The maximum Gasteiger partial charge on any atom is 0.159 e. The van der Waals surface area contributed by atoms with E-state index < -0.39 is 11.8 Å². The third-order valence-electron chi connectivity index (χ3n) is 5.59. The fourth-order valence-corrected chi connectivity index (χ4v) is 4.72. The van der Waals surface area contributed by atoms with Gasteiger partial charge in [-0.25, -0.2) is 0 Å². The van der Waals surface area contributed by atoms with Gasteiger partial charge in [0.05, 0.1) is 5.02 Å². The summed E-state index contributed by atoms with van der Waals surface area (Å²) < 4.78 is 6.86. The Morgan fingerprint density at radius 2 is 1.35 bits per heavy atom. The number of phenolic OH excluding ortho intramolecular Hbond substituents is 1. The summed E-state index contributed by atoms with van der Waals surface area (Å²) in [5.74, 6) is -0.0574. The molecule has 0 aromatic heterocycles. The predicted molar refractivity (Wildman–Crippen MR) is 125 cm³/mol. The van der Waals surface area contributed by atoms with Crippen molar-refractivity contribution in [2.24, 2.45) is 0 Å². The Morgan fingerprint density at radius 1 is 0.774 bits per heavy atom. The molecule has 2 N–H and O–H groups in total. The molecule has 0 spiro atoms. The van der Waals surface area contributed by atoms with E-state index in [1.54, 1.807) is 6.07 Å². The van der Waals surface area contributed by atoms with Gasteiger partial charge in [-0.05, 0) is 29.3 Å². The van der Waals surface area contributed by atoms with Crippen LogP contribution in [0.15, 0.2) is 97.1 Å². The lowest BCUT2D eigenvalue weighted by atomic mass is 9.78. The first-order valence-corrected chi connectivity index (χ1v) is 10.7. The number of aromatic hydroxyl groups is 1. The Hall–Kier alpha value is -2.98. The lowest BCUT2D eigenvalue weighted by Crippen LogP contribution is -2.40. The molecule has 1 aliphatic rings. The highest BCUT2D eigenvalue weighted by Gasteiger charge is 2.45. The van der Waals surface area contributed by atoms with E-state index in [4.69, 9.17) is 27.9 Å². The van der Waals surface area contributed by atoms with Crippen LogP contribution in [0, 0.1) is 0 Å². The third kappa shape index (κ3) is 3.35. The number of nitrogens with one attached hydrogen (secondary N) is 1. The normalized spacial score (nSPS) is 16.9. The molecule has 0 saturated carbocycles. The van der Waals surface area contributed by atoms with Gasteiger partial charge in [0.1, 0.15) is 11.4 Å². The molecule has 0 bridgehead atoms. The largest absolute Gasteiger partial charge is 0.506 e. The van der Waals surface area contributed by atoms with Crippen LogP contribution in [-0.4, -0.2) is 5.11 Å². The van der Waals surface area contributed by atoms with Crippen LogP contribution in [0.4, 0.5) is 5.69 Å². The molecule has 0 unspecified atom stereocenters. The number of anilines is 1. The Morgan fingerprint density at radius 3 is 2.00 bits per heavy atom. The monoisotopic (exact) mass is 447 g/mol. The summed E-state index contributed by atoms with van der Waals surface area (Å²) in [6.07, 6.45) is -0.688. The minimum Gasteiger partial charge on any atom is -0.506 e. The van der Waals surface area contributed by atoms with Crippen molar-refractivity contribution >= 4 is 28.9 Å². The van der Waals surface area contributed by atoms with Gasteiger partial charge in [-0.2, -0.15) is 0 Å². The molecule has 1 aliphatic heterocycles. The van der Waals surface area contributed by atoms with E-state index in [1.807, 2.05) is 54.6 Å². The van der Waals surface area contributed by atoms with Crippen LogP contribution >= 0.6 is 23.2 Å². The van der Waals surface area contributed by atoms with E-state index in [1.165, 1.54) is 6.07 Å². The number of hydrogen-bond donors (Lipinski definition) is 2. The van der Waals surface area contributed by atoms with Crippen LogP contribution in [0.25, 0.3) is 0 Å². The fourth-order valence-electron chi connectivity index (χ4n) is 4.21. The van der Waals surface area contributed by atoms with Crippen LogP contribution in [0.3, 0.4) is 0 Å². The van der Waals surface area contributed by atoms with E-state index in [-0.39, 0.29) is 10.8 Å². The first kappa shape index (κ1) is 20.0. The van der Waals surface area contributed by atoms with Gasteiger partial charge in [-0.3, -0.25) is 0 Å². The summed E-state index contributed by atoms with van der Waals surface area (Å²) in [6.45, 7) is 0. The number of hydrogen-bond acceptors (Lipinski definition) is 3. The van der Waals surface area contributed by atoms with Gasteiger partial charge in [-0.15, -0.1) is 0 Å². The number of fused-ring (bicyclic) bond motifs is 1. The summed E-state index contributed by atoms with van der Waals surface area (Å²) in [4.78, 5) is 0. The van der Waals surface area contributed by atoms with Gasteiger partial charge in [0.2, 0.25) is 0 Å². The molecule has 1 atom stereocenters. The molecule has 0 saturated heterocycles. The topological polar surface area (TPSA) is 41.5 Å². The van der Waals surface area contributed by atoms with Gasteiger partial charge < -0.3 is 15.2 Å². The maximum absolute atomic E-state index is 10.7. The highest BCUT2D eigenvalue weighted by Crippen LogP contribution is 2.51. The quantitative estimate of drug-likeness (QED) is 0.350. The molecule has 1 heterocycles. The molecular formula is C26H19Cl2NO2. The first-order valence-electron chi connectivity index (χ1n) is 9.92. The molecule has 0 aliphatic carbocycles. The number of halogens is 2. The highest BCUT2D eigenvalue weighted by atomic mass is 35.5. The number of benzene rings is 4. The minimum absolute atomic E-state index is 0.0574. The van der Waals surface area contributed by atoms with E-state index in [0.717, 1.165) is 22.4 Å². The summed E-state index contributed by atoms with van der Waals surface area (Å²) in [7, 11) is 0. The highest BCUT2D eigenvalue weighted by molar-refractivity contribution is 6.35. The lowest BCUT2D eigenvalue weighted by Gasteiger charge is -2.44. The Labute approximate surface area is 190 Å². The minimum atomic E-state index is -0.906. The van der Waals surface area contributed by atoms with Gasteiger partial charge >= 0.3 is 0 Å². The molecule has 31 heavy (non-hydrogen) atoms. The summed E-state index contributed by atoms with van der Waals surface area (Å²) in [6, 6.07) is 31.4. The van der Waals surface area contributed by atoms with E-state index in [9.17, 15) is 5.11 Å². The fraction of sp³-hybridized carbons (Fsp3) is 0.0769. The van der Waals surface area contributed by atoms with Crippen molar-refractivity contribution in [3.63, 3.8) is 0 Å². The van der Waals surface area contributed by atoms with Crippen molar-refractivity contribution in [2.45, 2.75) is 11.8 Å². The second-order valence-corrected chi connectivity index (χ2v) is 8.27. The molecule has 0 fully saturated rings. The standard InChI is InChI=1S/C26H19Cl2NO2/c27-19-15-20(24(30)22(28)16-19)25-29-23-14-8-7-13-21(23)26(31-25,17-9-3-1-4-10-17)18-11-5-2-6-12-18/h1-16,25,29-30H/t25-/m1/s1. The van der Waals surface area contributed by atoms with Gasteiger partial charge in [-0.1, -0.05) is 102 Å². The second kappa shape index (κ2) is 7.93. The SMILES string of the molecule is Oc1c(Cl)cc(Cl)cc1[C@@H]1Nc2ccccc2C(c2ccccc2)(c2ccccc2)O1. The zero-order valence-corrected chi connectivity index (χ0v) is 17.9. The average molecular weight is 448 g/mol. The molecular weight excluding hydrogens is 429 g/mol. The van der Waals surface area contributed by atoms with Crippen LogP contribution in [0.1, 0.15) is 28.5 Å². The Balaban J connectivity index is 1.80. The smallest absolute Gasteiger partial charge is 0.159 e. The van der Waals surface area contributed by atoms with Crippen molar-refractivity contribution in [2.75, 3.05) is 5.32 Å². The average Bonchev–Trinajstić information content (AvgIpc) is 2.81. The molecule has 5 heteroatoms. The van der Waals surface area contributed by atoms with Crippen LogP contribution in [0.2, 0.25) is 10.0 Å². The maximum atomic E-state index is 10.7. The molecule has 4 aromatic rings. The molecule has 0 radical (unpaired) electrons. The van der Waals surface area contributed by atoms with E-state index in [2.05, 4.69) is 35.6 Å². The molecule has 5 rings (SSSR count). The Bertz CT molecular complexity index is 1190. The summed E-state index contributed by atoms with van der Waals surface area (Å²) in [5.41, 5.74) is 3.41. The molecule has 154 valence electrons. The van der Waals surface area contributed by atoms with E-state index >= 15 is 0 Å². The first-order chi connectivity index (χ1) is 15.1. The lowest BCUT2D eigenvalue weighted by molar-refractivity contribution is -0.0440. The number of ether oxygens (including phenoxy) is 1. The van der Waals surface area contributed by atoms with Crippen molar-refractivity contribution < 1.29 is 9.84 Å². The number of para-hydroxylation sites is 1. The summed E-state index contributed by atoms with van der Waals surface area (Å²) >= 11 is 12.5. The number of rotatable bonds is 3. The van der Waals surface area contributed by atoms with Crippen molar-refractivity contribution in [1.29, 1.82) is 0 Å². The molecule has 3 nitrogen and oxygen atoms in total. The Kier molecular flexibility index (Phi) is 5.11. The van der Waals surface area contributed by atoms with Crippen molar-refractivity contribution in [3.05, 3.63) is 129 Å². The van der Waals surface area contributed by atoms with Crippen molar-refractivity contribution in [1.82, 2.24) is 0 Å². The van der Waals surface area contributed by atoms with Gasteiger partial charge in [0.25, 0.3) is 0 Å². The molecule has 4 aromatic carbocycles. The zero-order chi connectivity index (χ0) is 21.4. The van der Waals surface area contributed by atoms with Crippen LogP contribution < -0.4 is 5.32 Å². The third-order valence-corrected chi connectivity index (χ3v) is 6.09. The summed E-state index contributed by atoms with van der Waals surface area (Å²) in [5, 5.41) is 14.7. The van der Waals surface area contributed by atoms with Gasteiger partial charge in [0, 0.05) is 21.8 Å². The van der Waals surface area contributed by atoms with Crippen molar-refractivity contribution in [3.8, 4) is 5.75 Å². The number of phenols is 1. The van der Waals surface area contributed by atoms with Gasteiger partial charge in [0.15, 0.2) is 6.23 Å². The van der Waals surface area contributed by atoms with Crippen LogP contribution in [0.5, 0.6) is 5.75 Å². The van der Waals surface area contributed by atoms with Crippen LogP contribution in [-0.2, 0) is 10.3 Å². The van der Waals surface area contributed by atoms with E-state index in [0.29, 0.717) is 10.6 Å². The second-order valence-electron chi connectivity index (χ2n) is 7.43. The zero-order valence-electron chi connectivity index (χ0n) is 16.4. The predicted octanol–water partition coefficient (Wildman–Crippen LogP) is 7.13.